The fourth-order valence-electron chi connectivity index (χ4n) is 3.78. The Hall–Kier alpha value is -2.83. The van der Waals surface area contributed by atoms with Crippen LogP contribution in [0.2, 0.25) is 0 Å². The number of nitrogens with zero attached hydrogens (tertiary/aromatic N) is 5. The zero-order valence-electron chi connectivity index (χ0n) is 15.3. The van der Waals surface area contributed by atoms with Crippen LogP contribution in [-0.4, -0.2) is 39.7 Å². The van der Waals surface area contributed by atoms with Crippen molar-refractivity contribution in [3.05, 3.63) is 54.1 Å². The third-order valence-corrected chi connectivity index (χ3v) is 5.21. The van der Waals surface area contributed by atoms with Crippen LogP contribution in [0.3, 0.4) is 0 Å². The summed E-state index contributed by atoms with van der Waals surface area (Å²) in [6.45, 7) is 3.32. The van der Waals surface area contributed by atoms with Crippen LogP contribution in [0.25, 0.3) is 0 Å². The van der Waals surface area contributed by atoms with Gasteiger partial charge in [-0.3, -0.25) is 4.79 Å². The third kappa shape index (κ3) is 3.67. The Bertz CT molecular complexity index is 831. The number of rotatable bonds is 3. The Morgan fingerprint density at radius 2 is 1.78 bits per heavy atom. The first-order valence-corrected chi connectivity index (χ1v) is 9.26. The second-order valence-electron chi connectivity index (χ2n) is 7.11. The Morgan fingerprint density at radius 1 is 1.11 bits per heavy atom. The predicted octanol–water partition coefficient (Wildman–Crippen LogP) is 3.18. The van der Waals surface area contributed by atoms with Crippen LogP contribution < -0.4 is 4.90 Å². The molecule has 2 aromatic rings. The van der Waals surface area contributed by atoms with E-state index in [9.17, 15) is 9.18 Å². The van der Waals surface area contributed by atoms with E-state index in [-0.39, 0.29) is 17.9 Å². The summed E-state index contributed by atoms with van der Waals surface area (Å²) in [5, 5.41) is 6.21. The van der Waals surface area contributed by atoms with Crippen molar-refractivity contribution in [1.29, 1.82) is 0 Å². The Labute approximate surface area is 157 Å². The van der Waals surface area contributed by atoms with Crippen molar-refractivity contribution < 1.29 is 9.18 Å². The molecule has 0 aliphatic carbocycles. The number of carbonyl (C=O) groups is 1. The first kappa shape index (κ1) is 17.6. The van der Waals surface area contributed by atoms with Gasteiger partial charge in [0.1, 0.15) is 0 Å². The molecule has 2 aliphatic heterocycles. The molecule has 140 valence electrons. The normalized spacial score (nSPS) is 20.7. The van der Waals surface area contributed by atoms with E-state index in [0.717, 1.165) is 17.7 Å². The Kier molecular flexibility index (Phi) is 4.83. The van der Waals surface area contributed by atoms with Gasteiger partial charge in [-0.1, -0.05) is 30.3 Å². The number of halogens is 1. The van der Waals surface area contributed by atoms with Gasteiger partial charge in [0.2, 0.25) is 11.9 Å². The van der Waals surface area contributed by atoms with Crippen LogP contribution in [0.1, 0.15) is 37.8 Å². The molecule has 1 aromatic heterocycles. The molecule has 1 atom stereocenters. The number of hydrogen-bond acceptors (Lipinski definition) is 5. The number of hydrazone groups is 1. The van der Waals surface area contributed by atoms with E-state index in [1.807, 2.05) is 42.2 Å². The van der Waals surface area contributed by atoms with Crippen LogP contribution in [0.15, 0.2) is 47.8 Å². The largest absolute Gasteiger partial charge is 0.341 e. The molecule has 2 aliphatic rings. The second-order valence-corrected chi connectivity index (χ2v) is 7.11. The lowest BCUT2D eigenvalue weighted by Gasteiger charge is -2.33. The number of amides is 1. The molecule has 1 saturated heterocycles. The summed E-state index contributed by atoms with van der Waals surface area (Å²) in [7, 11) is 0. The first-order valence-electron chi connectivity index (χ1n) is 9.26. The second kappa shape index (κ2) is 7.42. The van der Waals surface area contributed by atoms with Crippen molar-refractivity contribution in [2.24, 2.45) is 11.0 Å². The molecule has 0 saturated carbocycles. The summed E-state index contributed by atoms with van der Waals surface area (Å²) >= 11 is 0. The molecule has 0 N–H and O–H groups in total. The minimum Gasteiger partial charge on any atom is -0.341 e. The topological polar surface area (TPSA) is 61.7 Å². The molecule has 6 nitrogen and oxygen atoms in total. The van der Waals surface area contributed by atoms with E-state index in [2.05, 4.69) is 15.1 Å². The molecule has 1 aromatic carbocycles. The summed E-state index contributed by atoms with van der Waals surface area (Å²) in [5.74, 6) is 0.0838. The highest BCUT2D eigenvalue weighted by atomic mass is 19.1. The summed E-state index contributed by atoms with van der Waals surface area (Å²) in [4.78, 5) is 23.2. The lowest BCUT2D eigenvalue weighted by atomic mass is 9.94. The molecule has 1 amide bonds. The average Bonchev–Trinajstić information content (AvgIpc) is 3.10. The van der Waals surface area contributed by atoms with Crippen molar-refractivity contribution in [1.82, 2.24) is 15.0 Å². The summed E-state index contributed by atoms with van der Waals surface area (Å²) in [6, 6.07) is 10.0. The molecule has 1 fully saturated rings. The number of aromatic nitrogens is 2. The number of carbonyl (C=O) groups excluding carboxylic acids is 1. The molecule has 3 heterocycles. The minimum absolute atomic E-state index is 0.0165. The van der Waals surface area contributed by atoms with Gasteiger partial charge in [-0.05, 0) is 25.3 Å². The summed E-state index contributed by atoms with van der Waals surface area (Å²) in [5.41, 5.74) is 2.10. The molecule has 1 unspecified atom stereocenters. The zero-order chi connectivity index (χ0) is 18.8. The van der Waals surface area contributed by atoms with Crippen molar-refractivity contribution in [3.63, 3.8) is 0 Å². The van der Waals surface area contributed by atoms with Crippen molar-refractivity contribution >= 4 is 17.6 Å². The smallest absolute Gasteiger partial charge is 0.246 e. The molecular formula is C20H22FN5O. The fraction of sp³-hybridized carbons (Fsp3) is 0.400. The number of benzene rings is 1. The lowest BCUT2D eigenvalue weighted by molar-refractivity contribution is -0.138. The van der Waals surface area contributed by atoms with E-state index < -0.39 is 5.82 Å². The Balaban J connectivity index is 1.43. The highest BCUT2D eigenvalue weighted by Gasteiger charge is 2.36. The average molecular weight is 367 g/mol. The standard InChI is InChI=1S/C20H22FN5O/c1-14-11-18(15-5-3-2-4-6-15)26(24-14)19(27)16-7-9-25(10-8-16)20-22-12-17(21)13-23-20/h2-6,12-13,16,18H,7-11H2,1H3. The van der Waals surface area contributed by atoms with Crippen LogP contribution in [0, 0.1) is 11.7 Å². The molecular weight excluding hydrogens is 345 g/mol. The van der Waals surface area contributed by atoms with Crippen LogP contribution in [-0.2, 0) is 4.79 Å². The predicted molar refractivity (Wildman–Crippen MR) is 101 cm³/mol. The van der Waals surface area contributed by atoms with Crippen molar-refractivity contribution in [3.8, 4) is 0 Å². The van der Waals surface area contributed by atoms with Gasteiger partial charge in [0.15, 0.2) is 5.82 Å². The maximum Gasteiger partial charge on any atom is 0.246 e. The summed E-state index contributed by atoms with van der Waals surface area (Å²) in [6.07, 6.45) is 4.55. The van der Waals surface area contributed by atoms with Gasteiger partial charge in [-0.15, -0.1) is 0 Å². The Morgan fingerprint density at radius 3 is 2.44 bits per heavy atom. The van der Waals surface area contributed by atoms with E-state index in [0.29, 0.717) is 31.9 Å². The molecule has 4 rings (SSSR count). The van der Waals surface area contributed by atoms with Gasteiger partial charge in [0.25, 0.3) is 0 Å². The number of hydrogen-bond donors (Lipinski definition) is 0. The highest BCUT2D eigenvalue weighted by Crippen LogP contribution is 2.33. The van der Waals surface area contributed by atoms with Crippen LogP contribution in [0.4, 0.5) is 10.3 Å². The molecule has 27 heavy (non-hydrogen) atoms. The summed E-state index contributed by atoms with van der Waals surface area (Å²) < 4.78 is 13.0. The van der Waals surface area contributed by atoms with E-state index in [1.54, 1.807) is 5.01 Å². The molecule has 7 heteroatoms. The van der Waals surface area contributed by atoms with Crippen molar-refractivity contribution in [2.45, 2.75) is 32.2 Å². The quantitative estimate of drug-likeness (QED) is 0.836. The van der Waals surface area contributed by atoms with Gasteiger partial charge in [0.05, 0.1) is 18.4 Å². The monoisotopic (exact) mass is 367 g/mol. The SMILES string of the molecule is CC1=NN(C(=O)C2CCN(c3ncc(F)cn3)CC2)C(c2ccccc2)C1. The zero-order valence-corrected chi connectivity index (χ0v) is 15.3. The highest BCUT2D eigenvalue weighted by molar-refractivity contribution is 5.89. The van der Waals surface area contributed by atoms with E-state index in [4.69, 9.17) is 0 Å². The van der Waals surface area contributed by atoms with E-state index in [1.165, 1.54) is 12.4 Å². The van der Waals surface area contributed by atoms with Gasteiger partial charge >= 0.3 is 0 Å². The van der Waals surface area contributed by atoms with E-state index >= 15 is 0 Å². The maximum atomic E-state index is 13.1. The molecule has 0 spiro atoms. The first-order chi connectivity index (χ1) is 13.1. The van der Waals surface area contributed by atoms with Crippen molar-refractivity contribution in [2.75, 3.05) is 18.0 Å². The number of anilines is 1. The van der Waals surface area contributed by atoms with Gasteiger partial charge in [-0.25, -0.2) is 19.4 Å². The van der Waals surface area contributed by atoms with Gasteiger partial charge < -0.3 is 4.90 Å². The fourth-order valence-corrected chi connectivity index (χ4v) is 3.78. The maximum absolute atomic E-state index is 13.1. The van der Waals surface area contributed by atoms with Crippen LogP contribution >= 0.6 is 0 Å². The molecule has 0 radical (unpaired) electrons. The third-order valence-electron chi connectivity index (χ3n) is 5.21. The number of piperidine rings is 1. The van der Waals surface area contributed by atoms with Gasteiger partial charge in [0, 0.05) is 31.1 Å². The molecule has 0 bridgehead atoms. The van der Waals surface area contributed by atoms with Gasteiger partial charge in [-0.2, -0.15) is 5.10 Å². The minimum atomic E-state index is -0.446. The van der Waals surface area contributed by atoms with Crippen LogP contribution in [0.5, 0.6) is 0 Å². The lowest BCUT2D eigenvalue weighted by Crippen LogP contribution is -2.41.